The molecule has 0 aliphatic carbocycles. The number of H-pyrrole nitrogens is 1. The number of piperidine rings is 1. The molecule has 1 saturated heterocycles. The van der Waals surface area contributed by atoms with Gasteiger partial charge in [-0.25, -0.2) is 8.42 Å². The molecule has 0 bridgehead atoms. The number of nitrogens with zero attached hydrogens (tertiary/aromatic N) is 2. The van der Waals surface area contributed by atoms with E-state index in [2.05, 4.69) is 38.0 Å². The summed E-state index contributed by atoms with van der Waals surface area (Å²) >= 11 is 6.14. The summed E-state index contributed by atoms with van der Waals surface area (Å²) in [4.78, 5) is 2.44. The molecule has 2 heterocycles. The summed E-state index contributed by atoms with van der Waals surface area (Å²) in [6, 6.07) is 12.1. The van der Waals surface area contributed by atoms with E-state index in [1.807, 2.05) is 18.3 Å². The fourth-order valence-electron chi connectivity index (χ4n) is 4.12. The summed E-state index contributed by atoms with van der Waals surface area (Å²) in [6.07, 6.45) is 6.45. The van der Waals surface area contributed by atoms with Crippen LogP contribution in [-0.4, -0.2) is 42.9 Å². The van der Waals surface area contributed by atoms with Gasteiger partial charge in [-0.15, -0.1) is 0 Å². The predicted octanol–water partition coefficient (Wildman–Crippen LogP) is 4.04. The van der Waals surface area contributed by atoms with Crippen LogP contribution in [0.1, 0.15) is 24.0 Å². The highest BCUT2D eigenvalue weighted by molar-refractivity contribution is 7.92. The second-order valence-corrected chi connectivity index (χ2v) is 10.1. The quantitative estimate of drug-likeness (QED) is 0.616. The van der Waals surface area contributed by atoms with Crippen molar-refractivity contribution in [1.82, 2.24) is 15.1 Å². The SMILES string of the molecule is CS(=O)(=O)Nc1cc(CN2CCCC(Cc3ccc4[nH]ncc4c3)C2)ccc1Cl. The lowest BCUT2D eigenvalue weighted by atomic mass is 9.90. The number of anilines is 1. The maximum absolute atomic E-state index is 11.5. The van der Waals surface area contributed by atoms with Crippen molar-refractivity contribution in [3.63, 3.8) is 0 Å². The summed E-state index contributed by atoms with van der Waals surface area (Å²) in [6.45, 7) is 2.86. The summed E-state index contributed by atoms with van der Waals surface area (Å²) < 4.78 is 25.6. The van der Waals surface area contributed by atoms with E-state index in [9.17, 15) is 8.42 Å². The van der Waals surface area contributed by atoms with Gasteiger partial charge in [0.1, 0.15) is 0 Å². The van der Waals surface area contributed by atoms with Gasteiger partial charge in [0.05, 0.1) is 28.7 Å². The first kappa shape index (κ1) is 20.2. The average molecular weight is 433 g/mol. The predicted molar refractivity (Wildman–Crippen MR) is 118 cm³/mol. The number of rotatable bonds is 6. The fraction of sp³-hybridized carbons (Fsp3) is 0.381. The average Bonchev–Trinajstić information content (AvgIpc) is 3.11. The van der Waals surface area contributed by atoms with Gasteiger partial charge >= 0.3 is 0 Å². The Labute approximate surface area is 176 Å². The van der Waals surface area contributed by atoms with Crippen LogP contribution in [0.4, 0.5) is 5.69 Å². The third-order valence-electron chi connectivity index (χ3n) is 5.36. The molecule has 1 unspecified atom stereocenters. The molecule has 1 aliphatic heterocycles. The van der Waals surface area contributed by atoms with E-state index in [-0.39, 0.29) is 0 Å². The van der Waals surface area contributed by atoms with Crippen molar-refractivity contribution in [3.8, 4) is 0 Å². The highest BCUT2D eigenvalue weighted by Crippen LogP contribution is 2.27. The topological polar surface area (TPSA) is 78.1 Å². The van der Waals surface area contributed by atoms with E-state index in [0.717, 1.165) is 48.8 Å². The smallest absolute Gasteiger partial charge is 0.229 e. The Balaban J connectivity index is 1.41. The fourth-order valence-corrected chi connectivity index (χ4v) is 4.91. The molecule has 29 heavy (non-hydrogen) atoms. The van der Waals surface area contributed by atoms with Crippen LogP contribution in [0.3, 0.4) is 0 Å². The lowest BCUT2D eigenvalue weighted by Gasteiger charge is -2.33. The summed E-state index contributed by atoms with van der Waals surface area (Å²) in [5, 5.41) is 8.66. The van der Waals surface area contributed by atoms with Gasteiger partial charge in [0.2, 0.25) is 10.0 Å². The Hall–Kier alpha value is -2.09. The van der Waals surface area contributed by atoms with Crippen LogP contribution in [0.25, 0.3) is 10.9 Å². The van der Waals surface area contributed by atoms with Gasteiger partial charge in [-0.1, -0.05) is 23.7 Å². The van der Waals surface area contributed by atoms with Crippen molar-refractivity contribution < 1.29 is 8.42 Å². The number of aromatic amines is 1. The van der Waals surface area contributed by atoms with Crippen molar-refractivity contribution in [1.29, 1.82) is 0 Å². The van der Waals surface area contributed by atoms with Crippen molar-refractivity contribution >= 4 is 38.2 Å². The lowest BCUT2D eigenvalue weighted by Crippen LogP contribution is -2.35. The van der Waals surface area contributed by atoms with Crippen LogP contribution < -0.4 is 4.72 Å². The van der Waals surface area contributed by atoms with Crippen LogP contribution in [-0.2, 0) is 23.0 Å². The Morgan fingerprint density at radius 2 is 2.07 bits per heavy atom. The molecular weight excluding hydrogens is 408 g/mol. The van der Waals surface area contributed by atoms with Gasteiger partial charge in [-0.3, -0.25) is 14.7 Å². The monoisotopic (exact) mass is 432 g/mol. The minimum Gasteiger partial charge on any atom is -0.299 e. The number of sulfonamides is 1. The highest BCUT2D eigenvalue weighted by atomic mass is 35.5. The highest BCUT2D eigenvalue weighted by Gasteiger charge is 2.21. The number of hydrogen-bond donors (Lipinski definition) is 2. The maximum atomic E-state index is 11.5. The van der Waals surface area contributed by atoms with Crippen LogP contribution in [0.2, 0.25) is 5.02 Å². The van der Waals surface area contributed by atoms with Crippen LogP contribution >= 0.6 is 11.6 Å². The molecular formula is C21H25ClN4O2S. The normalized spacial score (nSPS) is 18.2. The second-order valence-electron chi connectivity index (χ2n) is 7.93. The van der Waals surface area contributed by atoms with Crippen LogP contribution in [0.5, 0.6) is 0 Å². The molecule has 1 aromatic heterocycles. The number of benzene rings is 2. The zero-order valence-electron chi connectivity index (χ0n) is 16.4. The molecule has 0 saturated carbocycles. The van der Waals surface area contributed by atoms with Gasteiger partial charge in [-0.2, -0.15) is 5.10 Å². The van der Waals surface area contributed by atoms with Gasteiger partial charge in [0.15, 0.2) is 0 Å². The van der Waals surface area contributed by atoms with Crippen molar-refractivity contribution in [2.24, 2.45) is 5.92 Å². The molecule has 0 spiro atoms. The maximum Gasteiger partial charge on any atom is 0.229 e. The molecule has 1 fully saturated rings. The van der Waals surface area contributed by atoms with E-state index in [4.69, 9.17) is 11.6 Å². The second kappa shape index (κ2) is 8.34. The largest absolute Gasteiger partial charge is 0.299 e. The zero-order valence-corrected chi connectivity index (χ0v) is 17.9. The van der Waals surface area contributed by atoms with Gasteiger partial charge in [-0.05, 0) is 67.1 Å². The molecule has 8 heteroatoms. The first-order chi connectivity index (χ1) is 13.9. The zero-order chi connectivity index (χ0) is 20.4. The molecule has 1 atom stereocenters. The molecule has 4 rings (SSSR count). The van der Waals surface area contributed by atoms with Crippen molar-refractivity contribution in [3.05, 3.63) is 58.7 Å². The van der Waals surface area contributed by atoms with Crippen LogP contribution in [0, 0.1) is 5.92 Å². The molecule has 6 nitrogen and oxygen atoms in total. The number of nitrogens with one attached hydrogen (secondary N) is 2. The van der Waals surface area contributed by atoms with E-state index in [1.165, 1.54) is 18.4 Å². The summed E-state index contributed by atoms with van der Waals surface area (Å²) in [5.41, 5.74) is 3.91. The molecule has 3 aromatic rings. The van der Waals surface area contributed by atoms with Gasteiger partial charge < -0.3 is 0 Å². The first-order valence-electron chi connectivity index (χ1n) is 9.76. The number of hydrogen-bond acceptors (Lipinski definition) is 4. The molecule has 154 valence electrons. The molecule has 0 amide bonds. The van der Waals surface area contributed by atoms with Gasteiger partial charge in [0, 0.05) is 18.5 Å². The number of fused-ring (bicyclic) bond motifs is 1. The Morgan fingerprint density at radius 3 is 2.90 bits per heavy atom. The molecule has 1 aliphatic rings. The number of halogens is 1. The Morgan fingerprint density at radius 1 is 1.24 bits per heavy atom. The van der Waals surface area contributed by atoms with E-state index < -0.39 is 10.0 Å². The number of likely N-dealkylation sites (tertiary alicyclic amines) is 1. The standard InChI is InChI=1S/C21H25ClN4O2S/c1-29(27,28)25-21-11-17(4-6-19(21)22)14-26-8-2-3-16(13-26)9-15-5-7-20-18(10-15)12-23-24-20/h4-7,10-12,16,25H,2-3,8-9,13-14H2,1H3,(H,23,24). The lowest BCUT2D eigenvalue weighted by molar-refractivity contribution is 0.167. The van der Waals surface area contributed by atoms with Crippen molar-refractivity contribution in [2.45, 2.75) is 25.8 Å². The van der Waals surface area contributed by atoms with E-state index in [1.54, 1.807) is 6.07 Å². The molecule has 0 radical (unpaired) electrons. The number of aromatic nitrogens is 2. The Kier molecular flexibility index (Phi) is 5.81. The first-order valence-corrected chi connectivity index (χ1v) is 12.0. The van der Waals surface area contributed by atoms with Gasteiger partial charge in [0.25, 0.3) is 0 Å². The van der Waals surface area contributed by atoms with E-state index >= 15 is 0 Å². The molecule has 2 N–H and O–H groups in total. The Bertz CT molecular complexity index is 1110. The summed E-state index contributed by atoms with van der Waals surface area (Å²) in [7, 11) is -3.36. The van der Waals surface area contributed by atoms with Crippen LogP contribution in [0.15, 0.2) is 42.6 Å². The van der Waals surface area contributed by atoms with E-state index in [0.29, 0.717) is 16.6 Å². The summed E-state index contributed by atoms with van der Waals surface area (Å²) in [5.74, 6) is 0.606. The third-order valence-corrected chi connectivity index (χ3v) is 6.28. The van der Waals surface area contributed by atoms with Crippen molar-refractivity contribution in [2.75, 3.05) is 24.1 Å². The molecule has 2 aromatic carbocycles. The third kappa shape index (κ3) is 5.29. The minimum atomic E-state index is -3.36. The minimum absolute atomic E-state index is 0.408.